The van der Waals surface area contributed by atoms with Crippen LogP contribution in [-0.4, -0.2) is 44.3 Å². The second-order valence-electron chi connectivity index (χ2n) is 4.03. The monoisotopic (exact) mass is 172 g/mol. The zero-order valence-electron chi connectivity index (χ0n) is 8.18. The number of hydrogen-bond donors (Lipinski definition) is 1. The molecule has 1 rings (SSSR count). The van der Waals surface area contributed by atoms with E-state index in [0.717, 1.165) is 39.0 Å². The van der Waals surface area contributed by atoms with Crippen LogP contribution in [0, 0.1) is 0 Å². The van der Waals surface area contributed by atoms with Crippen molar-refractivity contribution in [3.8, 4) is 0 Å². The largest absolute Gasteiger partial charge is 0.381 e. The Hall–Kier alpha value is -0.120. The molecule has 0 radical (unpaired) electrons. The van der Waals surface area contributed by atoms with E-state index in [1.807, 2.05) is 0 Å². The highest BCUT2D eigenvalue weighted by atomic mass is 16.5. The van der Waals surface area contributed by atoms with Gasteiger partial charge in [0.05, 0.1) is 0 Å². The van der Waals surface area contributed by atoms with Crippen molar-refractivity contribution in [2.45, 2.75) is 24.8 Å². The second-order valence-corrected chi connectivity index (χ2v) is 4.03. The Kier molecular flexibility index (Phi) is 3.50. The molecule has 0 unspecified atom stereocenters. The van der Waals surface area contributed by atoms with Crippen molar-refractivity contribution in [3.05, 3.63) is 0 Å². The van der Waals surface area contributed by atoms with E-state index in [-0.39, 0.29) is 5.54 Å². The molecule has 0 atom stereocenters. The van der Waals surface area contributed by atoms with E-state index in [2.05, 4.69) is 19.0 Å². The van der Waals surface area contributed by atoms with Gasteiger partial charge in [0.1, 0.15) is 0 Å². The summed E-state index contributed by atoms with van der Waals surface area (Å²) in [5.74, 6) is 0. The summed E-state index contributed by atoms with van der Waals surface area (Å²) >= 11 is 0. The molecule has 2 N–H and O–H groups in total. The first-order chi connectivity index (χ1) is 5.62. The molecule has 1 heterocycles. The molecule has 3 nitrogen and oxygen atoms in total. The molecule has 1 aliphatic rings. The SMILES string of the molecule is CN(C)CCC1(N)CCOCC1. The average molecular weight is 172 g/mol. The Morgan fingerprint density at radius 3 is 2.42 bits per heavy atom. The molecular weight excluding hydrogens is 152 g/mol. The first-order valence-electron chi connectivity index (χ1n) is 4.64. The highest BCUT2D eigenvalue weighted by molar-refractivity contribution is 4.86. The van der Waals surface area contributed by atoms with E-state index in [4.69, 9.17) is 10.5 Å². The van der Waals surface area contributed by atoms with Crippen LogP contribution in [0.2, 0.25) is 0 Å². The fourth-order valence-electron chi connectivity index (χ4n) is 1.47. The molecule has 72 valence electrons. The Morgan fingerprint density at radius 2 is 1.92 bits per heavy atom. The number of nitrogens with two attached hydrogens (primary N) is 1. The molecule has 0 aromatic rings. The number of nitrogens with zero attached hydrogens (tertiary/aromatic N) is 1. The van der Waals surface area contributed by atoms with Gasteiger partial charge >= 0.3 is 0 Å². The molecule has 12 heavy (non-hydrogen) atoms. The van der Waals surface area contributed by atoms with Crippen LogP contribution >= 0.6 is 0 Å². The Morgan fingerprint density at radius 1 is 1.33 bits per heavy atom. The van der Waals surface area contributed by atoms with Crippen LogP contribution in [0.25, 0.3) is 0 Å². The van der Waals surface area contributed by atoms with E-state index in [1.165, 1.54) is 0 Å². The Labute approximate surface area is 74.9 Å². The van der Waals surface area contributed by atoms with Crippen LogP contribution in [0.4, 0.5) is 0 Å². The van der Waals surface area contributed by atoms with Crippen molar-refractivity contribution >= 4 is 0 Å². The second kappa shape index (κ2) is 4.21. The molecule has 0 saturated carbocycles. The van der Waals surface area contributed by atoms with E-state index >= 15 is 0 Å². The molecular formula is C9H20N2O. The maximum absolute atomic E-state index is 6.20. The molecule has 0 aromatic carbocycles. The van der Waals surface area contributed by atoms with E-state index in [1.54, 1.807) is 0 Å². The third-order valence-corrected chi connectivity index (χ3v) is 2.55. The number of ether oxygens (including phenoxy) is 1. The summed E-state index contributed by atoms with van der Waals surface area (Å²) in [5, 5.41) is 0. The third kappa shape index (κ3) is 3.09. The van der Waals surface area contributed by atoms with E-state index < -0.39 is 0 Å². The highest BCUT2D eigenvalue weighted by Gasteiger charge is 2.27. The predicted octanol–water partition coefficient (Wildman–Crippen LogP) is 0.446. The van der Waals surface area contributed by atoms with Gasteiger partial charge in [0.25, 0.3) is 0 Å². The fraction of sp³-hybridized carbons (Fsp3) is 1.00. The van der Waals surface area contributed by atoms with Gasteiger partial charge in [0.15, 0.2) is 0 Å². The van der Waals surface area contributed by atoms with Gasteiger partial charge < -0.3 is 15.4 Å². The maximum Gasteiger partial charge on any atom is 0.0483 e. The third-order valence-electron chi connectivity index (χ3n) is 2.55. The molecule has 0 spiro atoms. The normalized spacial score (nSPS) is 23.0. The molecule has 1 saturated heterocycles. The van der Waals surface area contributed by atoms with Crippen LogP contribution in [0.5, 0.6) is 0 Å². The van der Waals surface area contributed by atoms with Crippen LogP contribution < -0.4 is 5.73 Å². The van der Waals surface area contributed by atoms with Crippen LogP contribution in [0.3, 0.4) is 0 Å². The summed E-state index contributed by atoms with van der Waals surface area (Å²) < 4.78 is 5.28. The molecule has 0 bridgehead atoms. The minimum Gasteiger partial charge on any atom is -0.381 e. The minimum absolute atomic E-state index is 0.0442. The highest BCUT2D eigenvalue weighted by Crippen LogP contribution is 2.21. The molecule has 1 fully saturated rings. The van der Waals surface area contributed by atoms with Gasteiger partial charge in [-0.25, -0.2) is 0 Å². The van der Waals surface area contributed by atoms with Crippen LogP contribution in [-0.2, 0) is 4.74 Å². The van der Waals surface area contributed by atoms with Crippen molar-refractivity contribution in [1.29, 1.82) is 0 Å². The summed E-state index contributed by atoms with van der Waals surface area (Å²) in [7, 11) is 4.17. The molecule has 0 amide bonds. The van der Waals surface area contributed by atoms with Crippen molar-refractivity contribution in [1.82, 2.24) is 4.90 Å². The van der Waals surface area contributed by atoms with Gasteiger partial charge in [-0.3, -0.25) is 0 Å². The zero-order chi connectivity index (χ0) is 9.03. The standard InChI is InChI=1S/C9H20N2O/c1-11(2)6-3-9(10)4-7-12-8-5-9/h3-8,10H2,1-2H3. The Balaban J connectivity index is 2.26. The first kappa shape index (κ1) is 9.96. The lowest BCUT2D eigenvalue weighted by Gasteiger charge is -2.34. The van der Waals surface area contributed by atoms with E-state index in [9.17, 15) is 0 Å². The maximum atomic E-state index is 6.20. The quantitative estimate of drug-likeness (QED) is 0.671. The summed E-state index contributed by atoms with van der Waals surface area (Å²) in [5.41, 5.74) is 6.24. The van der Waals surface area contributed by atoms with Crippen molar-refractivity contribution in [3.63, 3.8) is 0 Å². The average Bonchev–Trinajstić information content (AvgIpc) is 2.03. The molecule has 0 aliphatic carbocycles. The summed E-state index contributed by atoms with van der Waals surface area (Å²) in [4.78, 5) is 2.18. The van der Waals surface area contributed by atoms with Crippen molar-refractivity contribution in [2.75, 3.05) is 33.9 Å². The van der Waals surface area contributed by atoms with Gasteiger partial charge in [-0.1, -0.05) is 0 Å². The van der Waals surface area contributed by atoms with Crippen LogP contribution in [0.1, 0.15) is 19.3 Å². The minimum atomic E-state index is 0.0442. The van der Waals surface area contributed by atoms with E-state index in [0.29, 0.717) is 0 Å². The lowest BCUT2D eigenvalue weighted by atomic mass is 9.88. The van der Waals surface area contributed by atoms with Gasteiger partial charge in [0.2, 0.25) is 0 Å². The van der Waals surface area contributed by atoms with Crippen molar-refractivity contribution in [2.24, 2.45) is 5.73 Å². The van der Waals surface area contributed by atoms with Gasteiger partial charge in [0, 0.05) is 18.8 Å². The smallest absolute Gasteiger partial charge is 0.0483 e. The first-order valence-corrected chi connectivity index (χ1v) is 4.64. The lowest BCUT2D eigenvalue weighted by molar-refractivity contribution is 0.0478. The summed E-state index contributed by atoms with van der Waals surface area (Å²) in [6.07, 6.45) is 3.12. The predicted molar refractivity (Wildman–Crippen MR) is 50.1 cm³/mol. The molecule has 3 heteroatoms. The van der Waals surface area contributed by atoms with Crippen LogP contribution in [0.15, 0.2) is 0 Å². The summed E-state index contributed by atoms with van der Waals surface area (Å²) in [6.45, 7) is 2.75. The van der Waals surface area contributed by atoms with Gasteiger partial charge in [-0.15, -0.1) is 0 Å². The number of rotatable bonds is 3. The topological polar surface area (TPSA) is 38.5 Å². The van der Waals surface area contributed by atoms with Gasteiger partial charge in [-0.2, -0.15) is 0 Å². The zero-order valence-corrected chi connectivity index (χ0v) is 8.18. The molecule has 0 aromatic heterocycles. The summed E-state index contributed by atoms with van der Waals surface area (Å²) in [6, 6.07) is 0. The Bertz CT molecular complexity index is 130. The molecule has 1 aliphatic heterocycles. The van der Waals surface area contributed by atoms with Gasteiger partial charge in [-0.05, 0) is 39.9 Å². The number of hydrogen-bond acceptors (Lipinski definition) is 3. The fourth-order valence-corrected chi connectivity index (χ4v) is 1.47. The van der Waals surface area contributed by atoms with Crippen molar-refractivity contribution < 1.29 is 4.74 Å². The lowest BCUT2D eigenvalue weighted by Crippen LogP contribution is -2.46.